The highest BCUT2D eigenvalue weighted by atomic mass is 16.4. The van der Waals surface area contributed by atoms with Crippen molar-refractivity contribution in [2.45, 2.75) is 13.8 Å². The summed E-state index contributed by atoms with van der Waals surface area (Å²) in [6, 6.07) is 8.74. The molecule has 1 heterocycles. The Morgan fingerprint density at radius 2 is 2.00 bits per heavy atom. The predicted molar refractivity (Wildman–Crippen MR) is 73.8 cm³/mol. The first-order chi connectivity index (χ1) is 9.51. The van der Waals surface area contributed by atoms with Gasteiger partial charge in [-0.1, -0.05) is 0 Å². The maximum Gasteiger partial charge on any atom is 0.325 e. The first kappa shape index (κ1) is 13.7. The second-order valence-corrected chi connectivity index (χ2v) is 4.39. The Morgan fingerprint density at radius 1 is 1.35 bits per heavy atom. The number of carboxylic acid groups (broad SMARTS) is 1. The molecular formula is C13H14N4O3. The van der Waals surface area contributed by atoms with Crippen LogP contribution in [0.5, 0.6) is 0 Å². The summed E-state index contributed by atoms with van der Waals surface area (Å²) in [4.78, 5) is 21.3. The van der Waals surface area contributed by atoms with Crippen molar-refractivity contribution in [3.63, 3.8) is 0 Å². The molecular weight excluding hydrogens is 260 g/mol. The number of nitrogens with zero attached hydrogens (tertiary/aromatic N) is 4. The third-order valence-electron chi connectivity index (χ3n) is 2.79. The molecule has 20 heavy (non-hydrogen) atoms. The van der Waals surface area contributed by atoms with E-state index >= 15 is 0 Å². The lowest BCUT2D eigenvalue weighted by Crippen LogP contribution is -2.23. The van der Waals surface area contributed by atoms with E-state index < -0.39 is 12.5 Å². The Kier molecular flexibility index (Phi) is 3.79. The SMILES string of the molecule is Cc1cc(C)n(-c2ccc(N(CC(=O)O)N=O)cc2)n1. The van der Waals surface area contributed by atoms with Crippen molar-refractivity contribution >= 4 is 11.7 Å². The zero-order valence-corrected chi connectivity index (χ0v) is 11.1. The second-order valence-electron chi connectivity index (χ2n) is 4.39. The number of aliphatic carboxylic acids is 1. The number of carboxylic acids is 1. The Labute approximate surface area is 115 Å². The molecule has 0 bridgehead atoms. The minimum Gasteiger partial charge on any atom is -0.480 e. The van der Waals surface area contributed by atoms with Gasteiger partial charge in [-0.2, -0.15) is 5.10 Å². The zero-order valence-electron chi connectivity index (χ0n) is 11.1. The molecule has 7 heteroatoms. The summed E-state index contributed by atoms with van der Waals surface area (Å²) in [5, 5.41) is 16.6. The molecule has 0 radical (unpaired) electrons. The first-order valence-electron chi connectivity index (χ1n) is 5.97. The molecule has 0 amide bonds. The molecule has 1 N–H and O–H groups in total. The second kappa shape index (κ2) is 5.52. The van der Waals surface area contributed by atoms with Gasteiger partial charge < -0.3 is 5.11 Å². The van der Waals surface area contributed by atoms with Gasteiger partial charge in [-0.15, -0.1) is 4.91 Å². The van der Waals surface area contributed by atoms with E-state index in [1.54, 1.807) is 28.9 Å². The van der Waals surface area contributed by atoms with Crippen molar-refractivity contribution < 1.29 is 9.90 Å². The molecule has 1 aromatic carbocycles. The largest absolute Gasteiger partial charge is 0.480 e. The summed E-state index contributed by atoms with van der Waals surface area (Å²) in [6.45, 7) is 3.38. The minimum absolute atomic E-state index is 0.424. The molecule has 0 aliphatic rings. The lowest BCUT2D eigenvalue weighted by atomic mass is 10.2. The predicted octanol–water partition coefficient (Wildman–Crippen LogP) is 2.06. The van der Waals surface area contributed by atoms with Crippen LogP contribution >= 0.6 is 0 Å². The molecule has 0 aliphatic carbocycles. The quantitative estimate of drug-likeness (QED) is 0.666. The molecule has 0 unspecified atom stereocenters. The maximum absolute atomic E-state index is 10.6. The summed E-state index contributed by atoms with van der Waals surface area (Å²) in [7, 11) is 0. The molecule has 0 saturated heterocycles. The molecule has 7 nitrogen and oxygen atoms in total. The van der Waals surface area contributed by atoms with Crippen LogP contribution in [-0.4, -0.2) is 27.4 Å². The van der Waals surface area contributed by atoms with E-state index in [-0.39, 0.29) is 0 Å². The fraction of sp³-hybridized carbons (Fsp3) is 0.231. The molecule has 0 saturated carbocycles. The Hall–Kier alpha value is -2.70. The highest BCUT2D eigenvalue weighted by Crippen LogP contribution is 2.18. The number of hydrogen-bond donors (Lipinski definition) is 1. The van der Waals surface area contributed by atoms with Crippen molar-refractivity contribution in [1.82, 2.24) is 9.78 Å². The Bertz CT molecular complexity index is 634. The number of nitroso groups, excluding NO2 is 1. The van der Waals surface area contributed by atoms with E-state index in [4.69, 9.17) is 5.11 Å². The number of benzene rings is 1. The molecule has 0 atom stereocenters. The van der Waals surface area contributed by atoms with Crippen LogP contribution in [0.15, 0.2) is 35.6 Å². The Balaban J connectivity index is 2.27. The normalized spacial score (nSPS) is 10.3. The van der Waals surface area contributed by atoms with Crippen LogP contribution in [0.25, 0.3) is 5.69 Å². The summed E-state index contributed by atoms with van der Waals surface area (Å²) in [5.41, 5.74) is 3.16. The van der Waals surface area contributed by atoms with Gasteiger partial charge in [-0.05, 0) is 44.2 Å². The third kappa shape index (κ3) is 2.82. The first-order valence-corrected chi connectivity index (χ1v) is 5.97. The fourth-order valence-corrected chi connectivity index (χ4v) is 1.95. The van der Waals surface area contributed by atoms with E-state index in [0.717, 1.165) is 22.1 Å². The van der Waals surface area contributed by atoms with Crippen LogP contribution in [0.4, 0.5) is 5.69 Å². The molecule has 104 valence electrons. The van der Waals surface area contributed by atoms with Crippen LogP contribution < -0.4 is 5.01 Å². The van der Waals surface area contributed by atoms with E-state index in [0.29, 0.717) is 5.69 Å². The zero-order chi connectivity index (χ0) is 14.7. The van der Waals surface area contributed by atoms with Gasteiger partial charge >= 0.3 is 5.97 Å². The molecule has 0 aliphatic heterocycles. The highest BCUT2D eigenvalue weighted by molar-refractivity contribution is 5.73. The highest BCUT2D eigenvalue weighted by Gasteiger charge is 2.11. The summed E-state index contributed by atoms with van der Waals surface area (Å²) < 4.78 is 1.77. The fourth-order valence-electron chi connectivity index (χ4n) is 1.95. The topological polar surface area (TPSA) is 87.8 Å². The Morgan fingerprint density at radius 3 is 2.45 bits per heavy atom. The number of aryl methyl sites for hydroxylation is 2. The third-order valence-corrected chi connectivity index (χ3v) is 2.79. The van der Waals surface area contributed by atoms with Gasteiger partial charge in [0, 0.05) is 5.69 Å². The van der Waals surface area contributed by atoms with E-state index in [9.17, 15) is 9.70 Å². The molecule has 2 aromatic rings. The van der Waals surface area contributed by atoms with Gasteiger partial charge in [-0.25, -0.2) is 9.69 Å². The van der Waals surface area contributed by atoms with Crippen molar-refractivity contribution in [3.05, 3.63) is 46.6 Å². The van der Waals surface area contributed by atoms with Crippen LogP contribution in [0.3, 0.4) is 0 Å². The summed E-state index contributed by atoms with van der Waals surface area (Å²) >= 11 is 0. The average Bonchev–Trinajstić information content (AvgIpc) is 2.75. The van der Waals surface area contributed by atoms with Crippen LogP contribution in [0.2, 0.25) is 0 Å². The molecule has 0 spiro atoms. The number of anilines is 1. The van der Waals surface area contributed by atoms with Gasteiger partial charge in [0.05, 0.1) is 22.4 Å². The van der Waals surface area contributed by atoms with Crippen molar-refractivity contribution in [2.75, 3.05) is 11.6 Å². The van der Waals surface area contributed by atoms with Gasteiger partial charge in [0.1, 0.15) is 6.54 Å². The average molecular weight is 274 g/mol. The number of hydrogen-bond acceptors (Lipinski definition) is 4. The summed E-state index contributed by atoms with van der Waals surface area (Å²) in [5.74, 6) is -1.12. The van der Waals surface area contributed by atoms with Crippen molar-refractivity contribution in [3.8, 4) is 5.69 Å². The number of rotatable bonds is 5. The monoisotopic (exact) mass is 274 g/mol. The van der Waals surface area contributed by atoms with Gasteiger partial charge in [-0.3, -0.25) is 4.79 Å². The van der Waals surface area contributed by atoms with Crippen molar-refractivity contribution in [2.24, 2.45) is 5.29 Å². The van der Waals surface area contributed by atoms with Crippen molar-refractivity contribution in [1.29, 1.82) is 0 Å². The lowest BCUT2D eigenvalue weighted by molar-refractivity contribution is -0.135. The number of aromatic nitrogens is 2. The van der Waals surface area contributed by atoms with E-state index in [1.807, 2.05) is 19.9 Å². The maximum atomic E-state index is 10.6. The van der Waals surface area contributed by atoms with Crippen LogP contribution in [-0.2, 0) is 4.79 Å². The smallest absolute Gasteiger partial charge is 0.325 e. The lowest BCUT2D eigenvalue weighted by Gasteiger charge is -2.13. The van der Waals surface area contributed by atoms with Gasteiger partial charge in [0.2, 0.25) is 0 Å². The van der Waals surface area contributed by atoms with E-state index in [2.05, 4.69) is 10.4 Å². The number of carbonyl (C=O) groups is 1. The van der Waals surface area contributed by atoms with Crippen LogP contribution in [0.1, 0.15) is 11.4 Å². The summed E-state index contributed by atoms with van der Waals surface area (Å²) in [6.07, 6.45) is 0. The van der Waals surface area contributed by atoms with Gasteiger partial charge in [0.15, 0.2) is 0 Å². The van der Waals surface area contributed by atoms with Gasteiger partial charge in [0.25, 0.3) is 0 Å². The molecule has 1 aromatic heterocycles. The molecule has 0 fully saturated rings. The standard InChI is InChI=1S/C13H14N4O3/c1-9-7-10(2)17(14-9)12-5-3-11(4-6-12)16(15-20)8-13(18)19/h3-7H,8H2,1-2H3,(H,18,19). The van der Waals surface area contributed by atoms with E-state index in [1.165, 1.54) is 0 Å². The van der Waals surface area contributed by atoms with Crippen LogP contribution in [0, 0.1) is 18.8 Å². The molecule has 2 rings (SSSR count). The minimum atomic E-state index is -1.12.